The lowest BCUT2D eigenvalue weighted by Gasteiger charge is -2.35. The molecule has 168 valence electrons. The molecule has 0 aliphatic carbocycles. The van der Waals surface area contributed by atoms with E-state index < -0.39 is 0 Å². The number of likely N-dealkylation sites (tertiary alicyclic amines) is 1. The summed E-state index contributed by atoms with van der Waals surface area (Å²) in [4.78, 5) is 22.7. The minimum Gasteiger partial charge on any atom is -0.486 e. The van der Waals surface area contributed by atoms with Crippen molar-refractivity contribution in [1.82, 2.24) is 20.2 Å². The highest BCUT2D eigenvalue weighted by atomic mass is 16.6. The number of aromatic nitrogens is 2. The smallest absolute Gasteiger partial charge is 0.237 e. The van der Waals surface area contributed by atoms with Crippen molar-refractivity contribution in [2.24, 2.45) is 0 Å². The van der Waals surface area contributed by atoms with Crippen LogP contribution in [0, 0.1) is 0 Å². The lowest BCUT2D eigenvalue weighted by atomic mass is 9.89. The largest absolute Gasteiger partial charge is 0.486 e. The standard InChI is InChI=1S/C25H30N4O3/c1-17(25(30)27-10-6-18-4-5-22-23(15-18)32-14-13-31-22)29-11-7-19(8-12-29)21-16-28-24-20(21)3-2-9-26-24/h2-5,9,15-17,19H,6-8,10-14H2,1H3,(H,26,28)(H,27,30). The predicted octanol–water partition coefficient (Wildman–Crippen LogP) is 3.26. The number of fused-ring (bicyclic) bond motifs is 2. The molecular weight excluding hydrogens is 404 g/mol. The van der Waals surface area contributed by atoms with E-state index in [1.165, 1.54) is 10.9 Å². The maximum absolute atomic E-state index is 12.7. The second-order valence-electron chi connectivity index (χ2n) is 8.65. The molecule has 1 aromatic carbocycles. The minimum absolute atomic E-state index is 0.0947. The van der Waals surface area contributed by atoms with Crippen molar-refractivity contribution >= 4 is 16.9 Å². The number of H-pyrrole nitrogens is 1. The zero-order valence-corrected chi connectivity index (χ0v) is 18.5. The Balaban J connectivity index is 1.10. The van der Waals surface area contributed by atoms with Crippen LogP contribution in [0.3, 0.4) is 0 Å². The van der Waals surface area contributed by atoms with E-state index in [0.717, 1.165) is 55.1 Å². The first-order chi connectivity index (χ1) is 15.7. The van der Waals surface area contributed by atoms with Crippen molar-refractivity contribution in [1.29, 1.82) is 0 Å². The monoisotopic (exact) mass is 434 g/mol. The van der Waals surface area contributed by atoms with Crippen LogP contribution in [-0.2, 0) is 11.2 Å². The van der Waals surface area contributed by atoms with Gasteiger partial charge >= 0.3 is 0 Å². The quantitative estimate of drug-likeness (QED) is 0.623. The third-order valence-corrected chi connectivity index (χ3v) is 6.70. The maximum atomic E-state index is 12.7. The number of benzene rings is 1. The van der Waals surface area contributed by atoms with Crippen molar-refractivity contribution in [3.05, 3.63) is 53.9 Å². The zero-order chi connectivity index (χ0) is 21.9. The van der Waals surface area contributed by atoms with Crippen molar-refractivity contribution in [2.75, 3.05) is 32.8 Å². The average Bonchev–Trinajstić information content (AvgIpc) is 3.28. The van der Waals surface area contributed by atoms with Crippen LogP contribution in [0.25, 0.3) is 11.0 Å². The summed E-state index contributed by atoms with van der Waals surface area (Å²) in [5.41, 5.74) is 3.44. The van der Waals surface area contributed by atoms with Gasteiger partial charge in [-0.05, 0) is 80.6 Å². The Morgan fingerprint density at radius 3 is 2.88 bits per heavy atom. The number of ether oxygens (including phenoxy) is 2. The lowest BCUT2D eigenvalue weighted by molar-refractivity contribution is -0.126. The van der Waals surface area contributed by atoms with Gasteiger partial charge in [-0.15, -0.1) is 0 Å². The molecule has 7 heteroatoms. The number of carbonyl (C=O) groups excluding carboxylic acids is 1. The van der Waals surface area contributed by atoms with Gasteiger partial charge in [0.05, 0.1) is 6.04 Å². The highest BCUT2D eigenvalue weighted by Gasteiger charge is 2.28. The van der Waals surface area contributed by atoms with Crippen LogP contribution in [0.4, 0.5) is 0 Å². The number of amides is 1. The van der Waals surface area contributed by atoms with Gasteiger partial charge < -0.3 is 19.8 Å². The molecule has 7 nitrogen and oxygen atoms in total. The molecule has 1 atom stereocenters. The molecule has 0 saturated carbocycles. The number of nitrogens with zero attached hydrogens (tertiary/aromatic N) is 2. The molecule has 0 radical (unpaired) electrons. The summed E-state index contributed by atoms with van der Waals surface area (Å²) in [6.45, 7) is 5.65. The molecular formula is C25H30N4O3. The summed E-state index contributed by atoms with van der Waals surface area (Å²) in [5.74, 6) is 2.19. The Kier molecular flexibility index (Phi) is 5.99. The minimum atomic E-state index is -0.124. The van der Waals surface area contributed by atoms with Crippen LogP contribution in [0.15, 0.2) is 42.7 Å². The van der Waals surface area contributed by atoms with Crippen molar-refractivity contribution in [3.63, 3.8) is 0 Å². The van der Waals surface area contributed by atoms with Gasteiger partial charge in [0.1, 0.15) is 18.9 Å². The first-order valence-corrected chi connectivity index (χ1v) is 11.5. The van der Waals surface area contributed by atoms with E-state index in [9.17, 15) is 4.79 Å². The summed E-state index contributed by atoms with van der Waals surface area (Å²) >= 11 is 0. The van der Waals surface area contributed by atoms with Gasteiger partial charge in [0.25, 0.3) is 0 Å². The number of rotatable bonds is 6. The fourth-order valence-electron chi connectivity index (χ4n) is 4.80. The summed E-state index contributed by atoms with van der Waals surface area (Å²) in [7, 11) is 0. The predicted molar refractivity (Wildman–Crippen MR) is 123 cm³/mol. The fraction of sp³-hybridized carbons (Fsp3) is 0.440. The number of pyridine rings is 1. The summed E-state index contributed by atoms with van der Waals surface area (Å²) in [6, 6.07) is 10.00. The Hall–Kier alpha value is -3.06. The Labute approximate surface area is 188 Å². The van der Waals surface area contributed by atoms with Gasteiger partial charge in [-0.2, -0.15) is 0 Å². The highest BCUT2D eigenvalue weighted by molar-refractivity contribution is 5.81. The number of aromatic amines is 1. The third kappa shape index (κ3) is 4.30. The molecule has 2 N–H and O–H groups in total. The Morgan fingerprint density at radius 2 is 2.03 bits per heavy atom. The third-order valence-electron chi connectivity index (χ3n) is 6.70. The SMILES string of the molecule is CC(C(=O)NCCc1ccc2c(c1)OCCO2)N1CCC(c2c[nH]c3ncccc23)CC1. The fourth-order valence-corrected chi connectivity index (χ4v) is 4.80. The first kappa shape index (κ1) is 20.8. The molecule has 1 fully saturated rings. The van der Waals surface area contributed by atoms with Gasteiger partial charge in [0.15, 0.2) is 11.5 Å². The zero-order valence-electron chi connectivity index (χ0n) is 18.5. The van der Waals surface area contributed by atoms with Crippen molar-refractivity contribution < 1.29 is 14.3 Å². The van der Waals surface area contributed by atoms with E-state index in [1.54, 1.807) is 0 Å². The van der Waals surface area contributed by atoms with Crippen molar-refractivity contribution in [2.45, 2.75) is 38.1 Å². The van der Waals surface area contributed by atoms with Gasteiger partial charge in [-0.1, -0.05) is 6.07 Å². The topological polar surface area (TPSA) is 79.5 Å². The molecule has 1 unspecified atom stereocenters. The van der Waals surface area contributed by atoms with E-state index in [4.69, 9.17) is 9.47 Å². The van der Waals surface area contributed by atoms with E-state index >= 15 is 0 Å². The van der Waals surface area contributed by atoms with Gasteiger partial charge in [-0.25, -0.2) is 4.98 Å². The summed E-state index contributed by atoms with van der Waals surface area (Å²) < 4.78 is 11.2. The first-order valence-electron chi connectivity index (χ1n) is 11.5. The number of hydrogen-bond donors (Lipinski definition) is 2. The Bertz CT molecular complexity index is 1090. The second-order valence-corrected chi connectivity index (χ2v) is 8.65. The number of piperidine rings is 1. The van der Waals surface area contributed by atoms with Crippen LogP contribution >= 0.6 is 0 Å². The van der Waals surface area contributed by atoms with Crippen LogP contribution in [0.1, 0.15) is 36.8 Å². The lowest BCUT2D eigenvalue weighted by Crippen LogP contribution is -2.48. The maximum Gasteiger partial charge on any atom is 0.237 e. The van der Waals surface area contributed by atoms with Gasteiger partial charge in [0, 0.05) is 24.3 Å². The molecule has 2 aromatic heterocycles. The van der Waals surface area contributed by atoms with Crippen LogP contribution in [0.5, 0.6) is 11.5 Å². The highest BCUT2D eigenvalue weighted by Crippen LogP contribution is 2.33. The molecule has 0 bridgehead atoms. The van der Waals surface area contributed by atoms with Crippen LogP contribution in [-0.4, -0.2) is 59.7 Å². The molecule has 2 aliphatic rings. The van der Waals surface area contributed by atoms with Crippen LogP contribution < -0.4 is 14.8 Å². The van der Waals surface area contributed by atoms with E-state index in [1.807, 2.05) is 37.4 Å². The molecule has 4 heterocycles. The normalized spacial score (nSPS) is 17.9. The van der Waals surface area contributed by atoms with Crippen molar-refractivity contribution in [3.8, 4) is 11.5 Å². The summed E-state index contributed by atoms with van der Waals surface area (Å²) in [6.07, 6.45) is 6.80. The molecule has 0 spiro atoms. The number of nitrogens with one attached hydrogen (secondary N) is 2. The average molecular weight is 435 g/mol. The molecule has 1 amide bonds. The molecule has 32 heavy (non-hydrogen) atoms. The Morgan fingerprint density at radius 1 is 1.22 bits per heavy atom. The van der Waals surface area contributed by atoms with Crippen LogP contribution in [0.2, 0.25) is 0 Å². The molecule has 2 aliphatic heterocycles. The number of hydrogen-bond acceptors (Lipinski definition) is 5. The molecule has 3 aromatic rings. The number of carbonyl (C=O) groups is 1. The van der Waals surface area contributed by atoms with Gasteiger partial charge in [-0.3, -0.25) is 9.69 Å². The second kappa shape index (κ2) is 9.20. The van der Waals surface area contributed by atoms with E-state index in [-0.39, 0.29) is 11.9 Å². The van der Waals surface area contributed by atoms with E-state index in [0.29, 0.717) is 25.7 Å². The molecule has 1 saturated heterocycles. The molecule has 5 rings (SSSR count). The van der Waals surface area contributed by atoms with E-state index in [2.05, 4.69) is 32.4 Å². The van der Waals surface area contributed by atoms with Gasteiger partial charge in [0.2, 0.25) is 5.91 Å². The summed E-state index contributed by atoms with van der Waals surface area (Å²) in [5, 5.41) is 4.32.